The molecule has 0 aliphatic heterocycles. The predicted molar refractivity (Wildman–Crippen MR) is 78.0 cm³/mol. The first-order valence-electron chi connectivity index (χ1n) is 5.45. The number of fused-ring (bicyclic) bond motifs is 1. The minimum absolute atomic E-state index is 0. The maximum absolute atomic E-state index is 5.14. The zero-order valence-corrected chi connectivity index (χ0v) is 11.2. The van der Waals surface area contributed by atoms with Gasteiger partial charge in [-0.05, 0) is 36.4 Å². The second kappa shape index (κ2) is 6.22. The van der Waals surface area contributed by atoms with Gasteiger partial charge in [0, 0.05) is 18.0 Å². The van der Waals surface area contributed by atoms with Crippen LogP contribution in [0.1, 0.15) is 0 Å². The van der Waals surface area contributed by atoms with Crippen LogP contribution in [-0.4, -0.2) is 22.0 Å². The fraction of sp³-hybridized carbons (Fsp3) is 0.0714. The molecule has 3 aromatic rings. The second-order valence-corrected chi connectivity index (χ2v) is 3.82. The topological polar surface area (TPSA) is 58.0 Å². The van der Waals surface area contributed by atoms with Crippen molar-refractivity contribution >= 4 is 18.1 Å². The van der Waals surface area contributed by atoms with Gasteiger partial charge in [-0.1, -0.05) is 6.07 Å². The lowest BCUT2D eigenvalue weighted by atomic mass is 10.2. The van der Waals surface area contributed by atoms with Crippen molar-refractivity contribution in [3.05, 3.63) is 54.9 Å². The van der Waals surface area contributed by atoms with Gasteiger partial charge in [-0.25, -0.2) is 4.98 Å². The number of imidazole rings is 1. The summed E-state index contributed by atoms with van der Waals surface area (Å²) in [7, 11) is 1.67. The van der Waals surface area contributed by atoms with E-state index in [2.05, 4.69) is 4.98 Å². The Morgan fingerprint density at radius 2 is 1.79 bits per heavy atom. The molecular formula is C14H15ClN2O2. The summed E-state index contributed by atoms with van der Waals surface area (Å²) in [5.74, 6) is 0.859. The van der Waals surface area contributed by atoms with E-state index < -0.39 is 0 Å². The van der Waals surface area contributed by atoms with Gasteiger partial charge in [0.05, 0.1) is 12.8 Å². The molecule has 5 heteroatoms. The van der Waals surface area contributed by atoms with Crippen LogP contribution in [0.3, 0.4) is 0 Å². The Hall–Kier alpha value is -2.04. The molecule has 0 spiro atoms. The first-order chi connectivity index (χ1) is 8.36. The van der Waals surface area contributed by atoms with E-state index in [1.165, 1.54) is 0 Å². The van der Waals surface area contributed by atoms with Crippen LogP contribution < -0.4 is 4.74 Å². The number of methoxy groups -OCH3 is 1. The highest BCUT2D eigenvalue weighted by Crippen LogP contribution is 2.21. The highest BCUT2D eigenvalue weighted by molar-refractivity contribution is 5.85. The number of benzene rings is 1. The summed E-state index contributed by atoms with van der Waals surface area (Å²) >= 11 is 0. The SMILES string of the molecule is COc1ccc(-c2cn3ccccc3n2)cc1.Cl.O. The van der Waals surface area contributed by atoms with E-state index in [1.54, 1.807) is 7.11 Å². The van der Waals surface area contributed by atoms with Crippen molar-refractivity contribution in [3.63, 3.8) is 0 Å². The smallest absolute Gasteiger partial charge is 0.137 e. The molecular weight excluding hydrogens is 264 g/mol. The van der Waals surface area contributed by atoms with Crippen LogP contribution in [0, 0.1) is 0 Å². The van der Waals surface area contributed by atoms with E-state index in [0.29, 0.717) is 0 Å². The third-order valence-corrected chi connectivity index (χ3v) is 2.75. The zero-order valence-electron chi connectivity index (χ0n) is 10.4. The van der Waals surface area contributed by atoms with Crippen LogP contribution >= 0.6 is 12.4 Å². The van der Waals surface area contributed by atoms with Gasteiger partial charge in [0.25, 0.3) is 0 Å². The van der Waals surface area contributed by atoms with Gasteiger partial charge >= 0.3 is 0 Å². The average molecular weight is 279 g/mol. The second-order valence-electron chi connectivity index (χ2n) is 3.82. The van der Waals surface area contributed by atoms with Gasteiger partial charge in [-0.2, -0.15) is 0 Å². The van der Waals surface area contributed by atoms with Gasteiger partial charge in [-0.15, -0.1) is 12.4 Å². The fourth-order valence-electron chi connectivity index (χ4n) is 1.84. The number of nitrogens with zero attached hydrogens (tertiary/aromatic N) is 2. The summed E-state index contributed by atoms with van der Waals surface area (Å²) in [5, 5.41) is 0. The molecule has 0 fully saturated rings. The largest absolute Gasteiger partial charge is 0.497 e. The molecule has 4 nitrogen and oxygen atoms in total. The summed E-state index contributed by atoms with van der Waals surface area (Å²) in [6, 6.07) is 13.9. The van der Waals surface area contributed by atoms with Crippen molar-refractivity contribution in [3.8, 4) is 17.0 Å². The van der Waals surface area contributed by atoms with Crippen molar-refractivity contribution in [1.29, 1.82) is 0 Å². The molecule has 0 saturated carbocycles. The molecule has 0 aliphatic carbocycles. The molecule has 1 aromatic carbocycles. The lowest BCUT2D eigenvalue weighted by Gasteiger charge is -1.99. The molecule has 0 saturated heterocycles. The Morgan fingerprint density at radius 1 is 1.05 bits per heavy atom. The van der Waals surface area contributed by atoms with Crippen LogP contribution in [-0.2, 0) is 0 Å². The van der Waals surface area contributed by atoms with Crippen molar-refractivity contribution in [1.82, 2.24) is 9.38 Å². The molecule has 0 atom stereocenters. The minimum Gasteiger partial charge on any atom is -0.497 e. The number of hydrogen-bond donors (Lipinski definition) is 0. The number of pyridine rings is 1. The highest BCUT2D eigenvalue weighted by Gasteiger charge is 2.03. The molecule has 2 heterocycles. The first-order valence-corrected chi connectivity index (χ1v) is 5.45. The molecule has 2 aromatic heterocycles. The molecule has 19 heavy (non-hydrogen) atoms. The van der Waals surface area contributed by atoms with E-state index >= 15 is 0 Å². The van der Waals surface area contributed by atoms with E-state index in [1.807, 2.05) is 59.3 Å². The quantitative estimate of drug-likeness (QED) is 0.723. The van der Waals surface area contributed by atoms with E-state index in [-0.39, 0.29) is 17.9 Å². The van der Waals surface area contributed by atoms with Crippen molar-refractivity contribution < 1.29 is 10.2 Å². The standard InChI is InChI=1S/C14H12N2O.ClH.H2O/c1-17-12-7-5-11(6-8-12)13-10-16-9-3-2-4-14(16)15-13;;/h2-10H,1H3;1H;1H2. The van der Waals surface area contributed by atoms with E-state index in [4.69, 9.17) is 4.74 Å². The normalized spacial score (nSPS) is 9.53. The monoisotopic (exact) mass is 278 g/mol. The Labute approximate surface area is 117 Å². The van der Waals surface area contributed by atoms with Crippen LogP contribution in [0.5, 0.6) is 5.75 Å². The Balaban J connectivity index is 0.000000902. The highest BCUT2D eigenvalue weighted by atomic mass is 35.5. The summed E-state index contributed by atoms with van der Waals surface area (Å²) in [6.07, 6.45) is 4.02. The average Bonchev–Trinajstić information content (AvgIpc) is 2.82. The zero-order chi connectivity index (χ0) is 11.7. The summed E-state index contributed by atoms with van der Waals surface area (Å²) in [4.78, 5) is 4.56. The molecule has 100 valence electrons. The van der Waals surface area contributed by atoms with Crippen molar-refractivity contribution in [2.24, 2.45) is 0 Å². The molecule has 3 rings (SSSR count). The number of aromatic nitrogens is 2. The number of rotatable bonds is 2. The van der Waals surface area contributed by atoms with Crippen LogP contribution in [0.15, 0.2) is 54.9 Å². The summed E-state index contributed by atoms with van der Waals surface area (Å²) < 4.78 is 7.15. The summed E-state index contributed by atoms with van der Waals surface area (Å²) in [5.41, 5.74) is 3.02. The maximum atomic E-state index is 5.14. The molecule has 0 amide bonds. The van der Waals surface area contributed by atoms with Gasteiger partial charge in [0.1, 0.15) is 11.4 Å². The summed E-state index contributed by atoms with van der Waals surface area (Å²) in [6.45, 7) is 0. The Kier molecular flexibility index (Phi) is 4.92. The molecule has 0 unspecified atom stereocenters. The van der Waals surface area contributed by atoms with Crippen LogP contribution in [0.4, 0.5) is 0 Å². The van der Waals surface area contributed by atoms with Crippen molar-refractivity contribution in [2.75, 3.05) is 7.11 Å². The number of ether oxygens (including phenoxy) is 1. The van der Waals surface area contributed by atoms with Crippen molar-refractivity contribution in [2.45, 2.75) is 0 Å². The minimum atomic E-state index is 0. The van der Waals surface area contributed by atoms with E-state index in [0.717, 1.165) is 22.7 Å². The Morgan fingerprint density at radius 3 is 2.42 bits per heavy atom. The number of halogens is 1. The van der Waals surface area contributed by atoms with Gasteiger partial charge in [0.15, 0.2) is 0 Å². The van der Waals surface area contributed by atoms with Gasteiger partial charge in [0.2, 0.25) is 0 Å². The molecule has 0 aliphatic rings. The van der Waals surface area contributed by atoms with Gasteiger partial charge < -0.3 is 14.6 Å². The third kappa shape index (κ3) is 2.86. The van der Waals surface area contributed by atoms with Crippen LogP contribution in [0.25, 0.3) is 16.9 Å². The number of hydrogen-bond acceptors (Lipinski definition) is 2. The fourth-order valence-corrected chi connectivity index (χ4v) is 1.84. The lowest BCUT2D eigenvalue weighted by molar-refractivity contribution is 0.415. The van der Waals surface area contributed by atoms with Gasteiger partial charge in [-0.3, -0.25) is 0 Å². The predicted octanol–water partition coefficient (Wildman–Crippen LogP) is 2.61. The van der Waals surface area contributed by atoms with E-state index in [9.17, 15) is 0 Å². The van der Waals surface area contributed by atoms with Crippen LogP contribution in [0.2, 0.25) is 0 Å². The lowest BCUT2D eigenvalue weighted by Crippen LogP contribution is -1.82. The molecule has 0 bridgehead atoms. The molecule has 2 N–H and O–H groups in total. The molecule has 0 radical (unpaired) electrons. The first kappa shape index (κ1) is 15.0. The third-order valence-electron chi connectivity index (χ3n) is 2.75. The maximum Gasteiger partial charge on any atom is 0.137 e. The Bertz CT molecular complexity index is 617.